The van der Waals surface area contributed by atoms with E-state index in [-0.39, 0.29) is 5.82 Å². The van der Waals surface area contributed by atoms with E-state index in [4.69, 9.17) is 11.6 Å². The molecule has 1 nitrogen and oxygen atoms in total. The smallest absolute Gasteiger partial charge is 0.149 e. The molecule has 0 amide bonds. The molecule has 1 heterocycles. The van der Waals surface area contributed by atoms with Crippen LogP contribution in [0.2, 0.25) is 5.15 Å². The van der Waals surface area contributed by atoms with Crippen LogP contribution >= 0.6 is 11.6 Å². The summed E-state index contributed by atoms with van der Waals surface area (Å²) in [6, 6.07) is 6.60. The van der Waals surface area contributed by atoms with Crippen molar-refractivity contribution in [1.29, 1.82) is 0 Å². The van der Waals surface area contributed by atoms with Crippen molar-refractivity contribution >= 4 is 22.5 Å². The van der Waals surface area contributed by atoms with Crippen molar-refractivity contribution in [3.05, 3.63) is 40.8 Å². The molecule has 0 saturated carbocycles. The van der Waals surface area contributed by atoms with Gasteiger partial charge in [-0.3, -0.25) is 0 Å². The Morgan fingerprint density at radius 1 is 1.38 bits per heavy atom. The van der Waals surface area contributed by atoms with E-state index in [1.165, 1.54) is 6.07 Å². The van der Waals surface area contributed by atoms with Crippen LogP contribution < -0.4 is 0 Å². The predicted molar refractivity (Wildman–Crippen MR) is 51.4 cm³/mol. The van der Waals surface area contributed by atoms with Gasteiger partial charge in [-0.15, -0.1) is 0 Å². The second-order valence-corrected chi connectivity index (χ2v) is 3.29. The molecule has 1 aromatic carbocycles. The molecule has 1 aromatic heterocycles. The SMILES string of the molecule is Cc1cc(Cl)nc2c(F)cccc12. The average molecular weight is 196 g/mol. The zero-order valence-corrected chi connectivity index (χ0v) is 7.77. The van der Waals surface area contributed by atoms with E-state index in [1.54, 1.807) is 12.1 Å². The summed E-state index contributed by atoms with van der Waals surface area (Å²) < 4.78 is 13.2. The lowest BCUT2D eigenvalue weighted by molar-refractivity contribution is 0.637. The third-order valence-electron chi connectivity index (χ3n) is 1.97. The number of fused-ring (bicyclic) bond motifs is 1. The fourth-order valence-corrected chi connectivity index (χ4v) is 1.59. The Kier molecular flexibility index (Phi) is 1.93. The zero-order chi connectivity index (χ0) is 9.42. The van der Waals surface area contributed by atoms with Gasteiger partial charge in [0.2, 0.25) is 0 Å². The molecule has 0 unspecified atom stereocenters. The topological polar surface area (TPSA) is 12.9 Å². The monoisotopic (exact) mass is 195 g/mol. The quantitative estimate of drug-likeness (QED) is 0.588. The summed E-state index contributed by atoms with van der Waals surface area (Å²) in [7, 11) is 0. The highest BCUT2D eigenvalue weighted by atomic mass is 35.5. The second kappa shape index (κ2) is 2.96. The lowest BCUT2D eigenvalue weighted by Crippen LogP contribution is -1.87. The minimum Gasteiger partial charge on any atom is -0.233 e. The van der Waals surface area contributed by atoms with Gasteiger partial charge in [0.25, 0.3) is 0 Å². The molecule has 0 fully saturated rings. The normalized spacial score (nSPS) is 10.7. The van der Waals surface area contributed by atoms with Crippen LogP contribution in [0.25, 0.3) is 10.9 Å². The largest absolute Gasteiger partial charge is 0.233 e. The van der Waals surface area contributed by atoms with Gasteiger partial charge in [0.1, 0.15) is 16.5 Å². The summed E-state index contributed by atoms with van der Waals surface area (Å²) in [5, 5.41) is 1.14. The maximum absolute atomic E-state index is 13.2. The molecule has 66 valence electrons. The Morgan fingerprint density at radius 3 is 2.92 bits per heavy atom. The van der Waals surface area contributed by atoms with E-state index in [2.05, 4.69) is 4.98 Å². The van der Waals surface area contributed by atoms with Crippen LogP contribution in [0.5, 0.6) is 0 Å². The van der Waals surface area contributed by atoms with Gasteiger partial charge in [0.05, 0.1) is 0 Å². The van der Waals surface area contributed by atoms with E-state index in [1.807, 2.05) is 13.0 Å². The minimum absolute atomic E-state index is 0.329. The zero-order valence-electron chi connectivity index (χ0n) is 7.01. The van der Waals surface area contributed by atoms with Crippen molar-refractivity contribution in [2.45, 2.75) is 6.92 Å². The number of halogens is 2. The average Bonchev–Trinajstić information content (AvgIpc) is 2.07. The Bertz CT molecular complexity index is 468. The highest BCUT2D eigenvalue weighted by Crippen LogP contribution is 2.21. The van der Waals surface area contributed by atoms with Crippen LogP contribution in [0.15, 0.2) is 24.3 Å². The van der Waals surface area contributed by atoms with Gasteiger partial charge in [-0.25, -0.2) is 9.37 Å². The molecule has 0 aliphatic carbocycles. The molecule has 13 heavy (non-hydrogen) atoms. The van der Waals surface area contributed by atoms with Crippen molar-refractivity contribution < 1.29 is 4.39 Å². The van der Waals surface area contributed by atoms with E-state index < -0.39 is 0 Å². The summed E-state index contributed by atoms with van der Waals surface area (Å²) in [5.41, 5.74) is 1.28. The van der Waals surface area contributed by atoms with E-state index >= 15 is 0 Å². The van der Waals surface area contributed by atoms with E-state index in [9.17, 15) is 4.39 Å². The van der Waals surface area contributed by atoms with Crippen LogP contribution in [-0.4, -0.2) is 4.98 Å². The molecule has 0 N–H and O–H groups in total. The molecule has 0 aliphatic rings. The first-order valence-electron chi connectivity index (χ1n) is 3.90. The van der Waals surface area contributed by atoms with Gasteiger partial charge in [0, 0.05) is 5.39 Å². The van der Waals surface area contributed by atoms with Gasteiger partial charge >= 0.3 is 0 Å². The summed E-state index contributed by atoms with van der Waals surface area (Å²) in [5.74, 6) is -0.330. The maximum atomic E-state index is 13.2. The van der Waals surface area contributed by atoms with Crippen LogP contribution in [0.4, 0.5) is 4.39 Å². The third-order valence-corrected chi connectivity index (χ3v) is 2.16. The fourth-order valence-electron chi connectivity index (χ4n) is 1.34. The number of pyridine rings is 1. The van der Waals surface area contributed by atoms with Crippen molar-refractivity contribution in [3.8, 4) is 0 Å². The van der Waals surface area contributed by atoms with Crippen LogP contribution in [-0.2, 0) is 0 Å². The summed E-state index contributed by atoms with van der Waals surface area (Å²) in [6.07, 6.45) is 0. The molecule has 2 rings (SSSR count). The Balaban J connectivity index is 2.94. The number of aromatic nitrogens is 1. The number of para-hydroxylation sites is 1. The maximum Gasteiger partial charge on any atom is 0.149 e. The van der Waals surface area contributed by atoms with Crippen molar-refractivity contribution in [1.82, 2.24) is 4.98 Å². The number of nitrogens with zero attached hydrogens (tertiary/aromatic N) is 1. The first-order chi connectivity index (χ1) is 6.18. The second-order valence-electron chi connectivity index (χ2n) is 2.90. The molecule has 3 heteroatoms. The van der Waals surface area contributed by atoms with Gasteiger partial charge in [0.15, 0.2) is 0 Å². The minimum atomic E-state index is -0.330. The first kappa shape index (κ1) is 8.45. The predicted octanol–water partition coefficient (Wildman–Crippen LogP) is 3.34. The Labute approximate surface area is 80.2 Å². The molecule has 0 atom stereocenters. The molecule has 0 aliphatic heterocycles. The van der Waals surface area contributed by atoms with Crippen LogP contribution in [0.3, 0.4) is 0 Å². The molecule has 0 saturated heterocycles. The molecule has 2 aromatic rings. The summed E-state index contributed by atoms with van der Waals surface area (Å²) in [4.78, 5) is 3.93. The first-order valence-corrected chi connectivity index (χ1v) is 4.27. The number of hydrogen-bond donors (Lipinski definition) is 0. The van der Waals surface area contributed by atoms with E-state index in [0.717, 1.165) is 10.9 Å². The number of benzene rings is 1. The van der Waals surface area contributed by atoms with E-state index in [0.29, 0.717) is 10.7 Å². The molecular formula is C10H7ClFN. The lowest BCUT2D eigenvalue weighted by Gasteiger charge is -2.02. The van der Waals surface area contributed by atoms with Crippen molar-refractivity contribution in [3.63, 3.8) is 0 Å². The number of hydrogen-bond acceptors (Lipinski definition) is 1. The van der Waals surface area contributed by atoms with Crippen LogP contribution in [0, 0.1) is 12.7 Å². The van der Waals surface area contributed by atoms with Crippen molar-refractivity contribution in [2.24, 2.45) is 0 Å². The molecule has 0 radical (unpaired) electrons. The third kappa shape index (κ3) is 1.38. The number of aryl methyl sites for hydroxylation is 1. The molecule has 0 spiro atoms. The lowest BCUT2D eigenvalue weighted by atomic mass is 10.1. The number of rotatable bonds is 0. The summed E-state index contributed by atoms with van der Waals surface area (Å²) in [6.45, 7) is 1.88. The molecule has 0 bridgehead atoms. The Morgan fingerprint density at radius 2 is 2.15 bits per heavy atom. The highest BCUT2D eigenvalue weighted by molar-refractivity contribution is 6.29. The molecular weight excluding hydrogens is 189 g/mol. The Hall–Kier alpha value is -1.15. The highest BCUT2D eigenvalue weighted by Gasteiger charge is 2.04. The van der Waals surface area contributed by atoms with Crippen LogP contribution in [0.1, 0.15) is 5.56 Å². The van der Waals surface area contributed by atoms with Gasteiger partial charge in [-0.05, 0) is 24.6 Å². The summed E-state index contributed by atoms with van der Waals surface area (Å²) >= 11 is 5.72. The van der Waals surface area contributed by atoms with Gasteiger partial charge in [-0.2, -0.15) is 0 Å². The fraction of sp³-hybridized carbons (Fsp3) is 0.100. The standard InChI is InChI=1S/C10H7ClFN/c1-6-5-9(11)13-10-7(6)3-2-4-8(10)12/h2-5H,1H3. The van der Waals surface area contributed by atoms with Gasteiger partial charge in [-0.1, -0.05) is 23.7 Å². The van der Waals surface area contributed by atoms with Gasteiger partial charge < -0.3 is 0 Å². The van der Waals surface area contributed by atoms with Crippen molar-refractivity contribution in [2.75, 3.05) is 0 Å².